The maximum atomic E-state index is 14.0. The summed E-state index contributed by atoms with van der Waals surface area (Å²) in [6, 6.07) is 3.94. The first-order chi connectivity index (χ1) is 8.75. The lowest BCUT2D eigenvalue weighted by atomic mass is 9.85. The van der Waals surface area contributed by atoms with E-state index in [9.17, 15) is 4.39 Å². The van der Waals surface area contributed by atoms with Crippen LogP contribution in [0.2, 0.25) is 5.02 Å². The zero-order valence-corrected chi connectivity index (χ0v) is 13.1. The van der Waals surface area contributed by atoms with E-state index < -0.39 is 0 Å². The van der Waals surface area contributed by atoms with Crippen molar-refractivity contribution in [2.45, 2.75) is 64.8 Å². The van der Waals surface area contributed by atoms with E-state index in [-0.39, 0.29) is 22.3 Å². The summed E-state index contributed by atoms with van der Waals surface area (Å²) in [4.78, 5) is 0. The van der Waals surface area contributed by atoms with Crippen molar-refractivity contribution in [1.29, 1.82) is 0 Å². The van der Waals surface area contributed by atoms with Crippen LogP contribution in [0.25, 0.3) is 0 Å². The van der Waals surface area contributed by atoms with Gasteiger partial charge in [0.2, 0.25) is 0 Å². The molecule has 1 atom stereocenters. The molecule has 0 fully saturated rings. The zero-order chi connectivity index (χ0) is 14.6. The molecule has 0 aliphatic rings. The molecule has 0 unspecified atom stereocenters. The van der Waals surface area contributed by atoms with Crippen LogP contribution in [0.15, 0.2) is 12.1 Å². The molecule has 3 heteroatoms. The fraction of sp³-hybridized carbons (Fsp3) is 0.625. The van der Waals surface area contributed by atoms with Crippen LogP contribution < -0.4 is 5.73 Å². The lowest BCUT2D eigenvalue weighted by molar-refractivity contribution is 0.520. The van der Waals surface area contributed by atoms with Gasteiger partial charge >= 0.3 is 0 Å². The predicted molar refractivity (Wildman–Crippen MR) is 81.3 cm³/mol. The highest BCUT2D eigenvalue weighted by molar-refractivity contribution is 6.30. The molecule has 19 heavy (non-hydrogen) atoms. The highest BCUT2D eigenvalue weighted by Crippen LogP contribution is 2.31. The first-order valence-corrected chi connectivity index (χ1v) is 7.37. The Kier molecular flexibility index (Phi) is 5.82. The first-order valence-electron chi connectivity index (χ1n) is 6.99. The summed E-state index contributed by atoms with van der Waals surface area (Å²) >= 11 is 5.99. The van der Waals surface area contributed by atoms with Crippen LogP contribution in [0.1, 0.15) is 58.1 Å². The molecule has 2 N–H and O–H groups in total. The van der Waals surface area contributed by atoms with Gasteiger partial charge in [-0.15, -0.1) is 0 Å². The lowest BCUT2D eigenvalue weighted by Gasteiger charge is -2.21. The van der Waals surface area contributed by atoms with E-state index in [1.54, 1.807) is 6.07 Å². The van der Waals surface area contributed by atoms with E-state index in [0.29, 0.717) is 5.56 Å². The van der Waals surface area contributed by atoms with Crippen LogP contribution >= 0.6 is 11.6 Å². The summed E-state index contributed by atoms with van der Waals surface area (Å²) in [6.45, 7) is 8.09. The summed E-state index contributed by atoms with van der Waals surface area (Å²) < 4.78 is 14.0. The second-order valence-electron chi connectivity index (χ2n) is 6.25. The molecule has 0 spiro atoms. The molecular formula is C16H25ClFN. The van der Waals surface area contributed by atoms with Gasteiger partial charge in [0.15, 0.2) is 0 Å². The van der Waals surface area contributed by atoms with Crippen molar-refractivity contribution < 1.29 is 4.39 Å². The molecule has 0 aliphatic heterocycles. The van der Waals surface area contributed by atoms with Crippen LogP contribution in [-0.4, -0.2) is 6.04 Å². The van der Waals surface area contributed by atoms with Gasteiger partial charge in [0.25, 0.3) is 0 Å². The van der Waals surface area contributed by atoms with Crippen molar-refractivity contribution in [3.8, 4) is 0 Å². The maximum absolute atomic E-state index is 14.0. The minimum atomic E-state index is -0.289. The van der Waals surface area contributed by atoms with Crippen molar-refractivity contribution >= 4 is 11.6 Å². The third-order valence-corrected chi connectivity index (χ3v) is 3.74. The van der Waals surface area contributed by atoms with Gasteiger partial charge < -0.3 is 5.73 Å². The van der Waals surface area contributed by atoms with Gasteiger partial charge in [-0.1, -0.05) is 45.4 Å². The second-order valence-corrected chi connectivity index (χ2v) is 6.66. The fourth-order valence-electron chi connectivity index (χ4n) is 2.11. The Morgan fingerprint density at radius 3 is 2.47 bits per heavy atom. The first kappa shape index (κ1) is 16.5. The summed E-state index contributed by atoms with van der Waals surface area (Å²) in [7, 11) is 0. The van der Waals surface area contributed by atoms with E-state index in [2.05, 4.69) is 6.92 Å². The average Bonchev–Trinajstić information content (AvgIpc) is 2.31. The molecule has 0 amide bonds. The SMILES string of the molecule is CC[C@H](N)CCCc1cc(Cl)c(F)c(C(C)(C)C)c1. The average molecular weight is 286 g/mol. The smallest absolute Gasteiger partial charge is 0.145 e. The standard InChI is InChI=1S/C16H25ClFN/c1-5-12(19)8-6-7-11-9-13(16(2,3)4)15(18)14(17)10-11/h9-10,12H,5-8,19H2,1-4H3/t12-/m0/s1. The predicted octanol–water partition coefficient (Wildman–Crippen LogP) is 4.84. The summed E-state index contributed by atoms with van der Waals surface area (Å²) in [5.74, 6) is -0.289. The zero-order valence-electron chi connectivity index (χ0n) is 12.4. The second kappa shape index (κ2) is 6.71. The van der Waals surface area contributed by atoms with Crippen molar-refractivity contribution in [1.82, 2.24) is 0 Å². The van der Waals surface area contributed by atoms with E-state index in [1.807, 2.05) is 26.8 Å². The van der Waals surface area contributed by atoms with Crippen LogP contribution in [0.3, 0.4) is 0 Å². The lowest BCUT2D eigenvalue weighted by Crippen LogP contribution is -2.18. The third kappa shape index (κ3) is 4.77. The molecule has 1 aromatic rings. The van der Waals surface area contributed by atoms with Crippen molar-refractivity contribution in [2.75, 3.05) is 0 Å². The number of nitrogens with two attached hydrogens (primary N) is 1. The summed E-state index contributed by atoms with van der Waals surface area (Å²) in [6.07, 6.45) is 3.91. The van der Waals surface area contributed by atoms with Gasteiger partial charge in [-0.25, -0.2) is 4.39 Å². The third-order valence-electron chi connectivity index (χ3n) is 3.46. The number of hydrogen-bond donors (Lipinski definition) is 1. The fourth-order valence-corrected chi connectivity index (χ4v) is 2.35. The summed E-state index contributed by atoms with van der Waals surface area (Å²) in [5.41, 5.74) is 7.46. The molecule has 0 aliphatic carbocycles. The molecule has 0 aromatic heterocycles. The van der Waals surface area contributed by atoms with Crippen LogP contribution in [0.4, 0.5) is 4.39 Å². The van der Waals surface area contributed by atoms with E-state index >= 15 is 0 Å². The van der Waals surface area contributed by atoms with Gasteiger partial charge in [-0.05, 0) is 48.3 Å². The minimum absolute atomic E-state index is 0.224. The molecule has 0 radical (unpaired) electrons. The minimum Gasteiger partial charge on any atom is -0.328 e. The highest BCUT2D eigenvalue weighted by Gasteiger charge is 2.21. The largest absolute Gasteiger partial charge is 0.328 e. The van der Waals surface area contributed by atoms with Gasteiger partial charge in [-0.2, -0.15) is 0 Å². The highest BCUT2D eigenvalue weighted by atomic mass is 35.5. The van der Waals surface area contributed by atoms with E-state index in [0.717, 1.165) is 31.2 Å². The van der Waals surface area contributed by atoms with Crippen LogP contribution in [0, 0.1) is 5.82 Å². The van der Waals surface area contributed by atoms with Crippen molar-refractivity contribution in [3.05, 3.63) is 34.1 Å². The molecule has 0 bridgehead atoms. The number of aryl methyl sites for hydroxylation is 1. The van der Waals surface area contributed by atoms with Gasteiger partial charge in [0.1, 0.15) is 5.82 Å². The normalized spacial score (nSPS) is 13.6. The number of halogens is 2. The Balaban J connectivity index is 2.83. The van der Waals surface area contributed by atoms with E-state index in [4.69, 9.17) is 17.3 Å². The Hall–Kier alpha value is -0.600. The van der Waals surface area contributed by atoms with E-state index in [1.165, 1.54) is 0 Å². The molecule has 0 heterocycles. The topological polar surface area (TPSA) is 26.0 Å². The summed E-state index contributed by atoms with van der Waals surface area (Å²) in [5, 5.41) is 0.224. The number of benzene rings is 1. The molecule has 0 saturated heterocycles. The van der Waals surface area contributed by atoms with Crippen molar-refractivity contribution in [2.24, 2.45) is 5.73 Å². The Bertz CT molecular complexity index is 423. The van der Waals surface area contributed by atoms with Gasteiger partial charge in [-0.3, -0.25) is 0 Å². The quantitative estimate of drug-likeness (QED) is 0.823. The molecule has 1 nitrogen and oxygen atoms in total. The Labute approximate surface area is 121 Å². The number of hydrogen-bond acceptors (Lipinski definition) is 1. The van der Waals surface area contributed by atoms with Crippen LogP contribution in [0.5, 0.6) is 0 Å². The van der Waals surface area contributed by atoms with Crippen molar-refractivity contribution in [3.63, 3.8) is 0 Å². The maximum Gasteiger partial charge on any atom is 0.145 e. The molecular weight excluding hydrogens is 261 g/mol. The Morgan fingerprint density at radius 2 is 1.95 bits per heavy atom. The van der Waals surface area contributed by atoms with Crippen LogP contribution in [-0.2, 0) is 11.8 Å². The molecule has 108 valence electrons. The molecule has 1 aromatic carbocycles. The monoisotopic (exact) mass is 285 g/mol. The van der Waals surface area contributed by atoms with Gasteiger partial charge in [0, 0.05) is 6.04 Å². The Morgan fingerprint density at radius 1 is 1.32 bits per heavy atom. The van der Waals surface area contributed by atoms with Gasteiger partial charge in [0.05, 0.1) is 5.02 Å². The molecule has 1 rings (SSSR count). The number of rotatable bonds is 5. The molecule has 0 saturated carbocycles.